The molecule has 8 nitrogen and oxygen atoms in total. The summed E-state index contributed by atoms with van der Waals surface area (Å²) >= 11 is 1.50. The van der Waals surface area contributed by atoms with Crippen molar-refractivity contribution in [2.45, 2.75) is 19.9 Å². The molecular formula is C23H24N4O4S. The molecule has 0 saturated carbocycles. The van der Waals surface area contributed by atoms with Crippen LogP contribution in [0.4, 0.5) is 5.69 Å². The van der Waals surface area contributed by atoms with Crippen LogP contribution in [0.3, 0.4) is 0 Å². The smallest absolute Gasteiger partial charge is 0.262 e. The Kier molecular flexibility index (Phi) is 6.27. The number of aromatic nitrogens is 1. The fourth-order valence-corrected chi connectivity index (χ4v) is 4.27. The maximum atomic E-state index is 11.7. The number of carbonyl (C=O) groups excluding carboxylic acids is 1. The molecule has 166 valence electrons. The van der Waals surface area contributed by atoms with Gasteiger partial charge in [0.1, 0.15) is 5.75 Å². The highest BCUT2D eigenvalue weighted by Gasteiger charge is 2.18. The Morgan fingerprint density at radius 1 is 1.22 bits per heavy atom. The molecule has 0 spiro atoms. The van der Waals surface area contributed by atoms with E-state index in [0.717, 1.165) is 21.6 Å². The van der Waals surface area contributed by atoms with E-state index in [1.807, 2.05) is 55.6 Å². The van der Waals surface area contributed by atoms with Crippen LogP contribution in [0.5, 0.6) is 17.2 Å². The normalized spacial score (nSPS) is 13.8. The number of methoxy groups -OCH3 is 2. The predicted octanol–water partition coefficient (Wildman–Crippen LogP) is 3.76. The monoisotopic (exact) mass is 452 g/mol. The van der Waals surface area contributed by atoms with Gasteiger partial charge in [-0.25, -0.2) is 4.68 Å². The van der Waals surface area contributed by atoms with E-state index in [0.29, 0.717) is 22.9 Å². The largest absolute Gasteiger partial charge is 0.493 e. The van der Waals surface area contributed by atoms with Crippen LogP contribution in [0.15, 0.2) is 51.9 Å². The summed E-state index contributed by atoms with van der Waals surface area (Å²) in [7, 11) is 3.20. The lowest BCUT2D eigenvalue weighted by molar-refractivity contribution is -0.118. The summed E-state index contributed by atoms with van der Waals surface area (Å²) in [5, 5.41) is 9.58. The van der Waals surface area contributed by atoms with Gasteiger partial charge in [0.05, 0.1) is 31.8 Å². The molecule has 1 aliphatic heterocycles. The van der Waals surface area contributed by atoms with Crippen LogP contribution < -0.4 is 24.3 Å². The molecule has 32 heavy (non-hydrogen) atoms. The number of amides is 1. The lowest BCUT2D eigenvalue weighted by atomic mass is 10.1. The molecule has 0 radical (unpaired) electrons. The minimum absolute atomic E-state index is 0.0227. The van der Waals surface area contributed by atoms with Gasteiger partial charge < -0.3 is 19.5 Å². The van der Waals surface area contributed by atoms with Gasteiger partial charge in [-0.2, -0.15) is 5.10 Å². The van der Waals surface area contributed by atoms with Gasteiger partial charge in [0.25, 0.3) is 5.91 Å². The Labute approximate surface area is 189 Å². The van der Waals surface area contributed by atoms with E-state index in [-0.39, 0.29) is 18.6 Å². The standard InChI is InChI=1S/C23H24N4O4S/c1-14(2)25-23-27(24-11-16-6-5-7-20(29-3)22(16)30-4)18(13-32-23)15-8-9-19-17(10-15)26-21(28)12-31-19/h5-11,13-14H,12H2,1-4H3,(H,26,28). The molecule has 0 unspecified atom stereocenters. The Morgan fingerprint density at radius 3 is 2.81 bits per heavy atom. The molecule has 0 bridgehead atoms. The first-order valence-corrected chi connectivity index (χ1v) is 10.9. The van der Waals surface area contributed by atoms with Gasteiger partial charge in [-0.3, -0.25) is 9.79 Å². The number of thiazole rings is 1. The molecule has 0 aliphatic carbocycles. The molecule has 0 saturated heterocycles. The highest BCUT2D eigenvalue weighted by atomic mass is 32.1. The van der Waals surface area contributed by atoms with Crippen LogP contribution in [-0.4, -0.2) is 43.7 Å². The van der Waals surface area contributed by atoms with E-state index in [4.69, 9.17) is 24.3 Å². The average Bonchev–Trinajstić information content (AvgIpc) is 3.18. The van der Waals surface area contributed by atoms with Gasteiger partial charge in [-0.15, -0.1) is 11.3 Å². The number of ether oxygens (including phenoxy) is 3. The molecule has 2 heterocycles. The summed E-state index contributed by atoms with van der Waals surface area (Å²) in [6.07, 6.45) is 1.72. The van der Waals surface area contributed by atoms with Crippen molar-refractivity contribution < 1.29 is 19.0 Å². The lowest BCUT2D eigenvalue weighted by Gasteiger charge is -2.18. The molecule has 1 aromatic heterocycles. The summed E-state index contributed by atoms with van der Waals surface area (Å²) in [6, 6.07) is 11.4. The summed E-state index contributed by atoms with van der Waals surface area (Å²) < 4.78 is 18.2. The Hall–Kier alpha value is -3.59. The van der Waals surface area contributed by atoms with Gasteiger partial charge in [0.15, 0.2) is 18.1 Å². The van der Waals surface area contributed by atoms with Crippen LogP contribution in [0.25, 0.3) is 11.3 Å². The molecule has 4 rings (SSSR count). The third-order valence-electron chi connectivity index (χ3n) is 4.71. The summed E-state index contributed by atoms with van der Waals surface area (Å²) in [6.45, 7) is 4.06. The van der Waals surface area contributed by atoms with Crippen LogP contribution in [0, 0.1) is 0 Å². The SMILES string of the molecule is COc1cccc(C=Nn2c(-c3ccc4c(c3)NC(=O)CO4)csc2=NC(C)C)c1OC. The van der Waals surface area contributed by atoms with Gasteiger partial charge in [0, 0.05) is 22.5 Å². The third-order valence-corrected chi connectivity index (χ3v) is 5.54. The first-order chi connectivity index (χ1) is 15.5. The minimum Gasteiger partial charge on any atom is -0.493 e. The molecule has 1 N–H and O–H groups in total. The summed E-state index contributed by atoms with van der Waals surface area (Å²) in [4.78, 5) is 17.2. The Morgan fingerprint density at radius 2 is 2.06 bits per heavy atom. The third kappa shape index (κ3) is 4.38. The maximum Gasteiger partial charge on any atom is 0.262 e. The van der Waals surface area contributed by atoms with E-state index in [1.54, 1.807) is 25.1 Å². The number of fused-ring (bicyclic) bond motifs is 1. The topological polar surface area (TPSA) is 86.4 Å². The number of para-hydroxylation sites is 1. The predicted molar refractivity (Wildman–Crippen MR) is 125 cm³/mol. The van der Waals surface area contributed by atoms with Gasteiger partial charge in [-0.1, -0.05) is 6.07 Å². The second-order valence-corrected chi connectivity index (χ2v) is 8.15. The van der Waals surface area contributed by atoms with Crippen LogP contribution in [-0.2, 0) is 4.79 Å². The number of hydrogen-bond acceptors (Lipinski definition) is 7. The summed E-state index contributed by atoms with van der Waals surface area (Å²) in [5.41, 5.74) is 3.14. The van der Waals surface area contributed by atoms with E-state index in [9.17, 15) is 4.79 Å². The van der Waals surface area contributed by atoms with E-state index < -0.39 is 0 Å². The molecule has 3 aromatic rings. The van der Waals surface area contributed by atoms with Crippen molar-refractivity contribution in [3.63, 3.8) is 0 Å². The molecule has 2 aromatic carbocycles. The molecule has 1 amide bonds. The highest BCUT2D eigenvalue weighted by Crippen LogP contribution is 2.33. The molecular weight excluding hydrogens is 428 g/mol. The minimum atomic E-state index is -0.175. The first kappa shape index (κ1) is 21.6. The fraction of sp³-hybridized carbons (Fsp3) is 0.261. The molecule has 0 fully saturated rings. The number of nitrogens with one attached hydrogen (secondary N) is 1. The van der Waals surface area contributed by atoms with Crippen molar-refractivity contribution in [2.24, 2.45) is 10.1 Å². The number of anilines is 1. The van der Waals surface area contributed by atoms with Crippen molar-refractivity contribution in [3.8, 4) is 28.5 Å². The van der Waals surface area contributed by atoms with E-state index >= 15 is 0 Å². The first-order valence-electron chi connectivity index (χ1n) is 10.1. The second kappa shape index (κ2) is 9.27. The number of nitrogens with zero attached hydrogens (tertiary/aromatic N) is 3. The highest BCUT2D eigenvalue weighted by molar-refractivity contribution is 7.07. The molecule has 1 aliphatic rings. The van der Waals surface area contributed by atoms with E-state index in [2.05, 4.69) is 5.32 Å². The van der Waals surface area contributed by atoms with Crippen LogP contribution in [0.2, 0.25) is 0 Å². The van der Waals surface area contributed by atoms with Crippen molar-refractivity contribution in [3.05, 3.63) is 52.1 Å². The average molecular weight is 453 g/mol. The fourth-order valence-electron chi connectivity index (χ4n) is 3.30. The number of hydrogen-bond donors (Lipinski definition) is 1. The number of rotatable bonds is 6. The quantitative estimate of drug-likeness (QED) is 0.577. The zero-order chi connectivity index (χ0) is 22.7. The van der Waals surface area contributed by atoms with Crippen molar-refractivity contribution in [1.82, 2.24) is 4.68 Å². The lowest BCUT2D eigenvalue weighted by Crippen LogP contribution is -2.25. The van der Waals surface area contributed by atoms with Gasteiger partial charge in [0.2, 0.25) is 4.80 Å². The van der Waals surface area contributed by atoms with Crippen LogP contribution in [0.1, 0.15) is 19.4 Å². The molecule has 0 atom stereocenters. The van der Waals surface area contributed by atoms with Crippen molar-refractivity contribution in [2.75, 3.05) is 26.1 Å². The van der Waals surface area contributed by atoms with Gasteiger partial charge in [-0.05, 0) is 44.2 Å². The van der Waals surface area contributed by atoms with Crippen molar-refractivity contribution >= 4 is 29.1 Å². The second-order valence-electron chi connectivity index (χ2n) is 7.31. The van der Waals surface area contributed by atoms with E-state index in [1.165, 1.54) is 11.3 Å². The Balaban J connectivity index is 1.81. The molecule has 9 heteroatoms. The maximum absolute atomic E-state index is 11.7. The van der Waals surface area contributed by atoms with Crippen molar-refractivity contribution in [1.29, 1.82) is 0 Å². The Bertz CT molecular complexity index is 1240. The zero-order valence-corrected chi connectivity index (χ0v) is 19.1. The van der Waals surface area contributed by atoms with Gasteiger partial charge >= 0.3 is 0 Å². The number of carbonyl (C=O) groups is 1. The number of benzene rings is 2. The zero-order valence-electron chi connectivity index (χ0n) is 18.3. The van der Waals surface area contributed by atoms with Crippen LogP contribution >= 0.6 is 11.3 Å². The summed E-state index contributed by atoms with van der Waals surface area (Å²) in [5.74, 6) is 1.70.